The highest BCUT2D eigenvalue weighted by Gasteiger charge is 2.35. The van der Waals surface area contributed by atoms with E-state index in [1.807, 2.05) is 37.4 Å². The van der Waals surface area contributed by atoms with Gasteiger partial charge in [-0.15, -0.1) is 0 Å². The Labute approximate surface area is 179 Å². The second-order valence-corrected chi connectivity index (χ2v) is 9.42. The van der Waals surface area contributed by atoms with Gasteiger partial charge in [0.1, 0.15) is 0 Å². The third-order valence-corrected chi connectivity index (χ3v) is 7.15. The number of aromatic nitrogens is 1. The lowest BCUT2D eigenvalue weighted by atomic mass is 9.87. The van der Waals surface area contributed by atoms with Crippen molar-refractivity contribution in [2.24, 2.45) is 13.0 Å². The van der Waals surface area contributed by atoms with Crippen molar-refractivity contribution in [1.29, 1.82) is 0 Å². The van der Waals surface area contributed by atoms with Crippen LogP contribution in [-0.4, -0.2) is 45.4 Å². The van der Waals surface area contributed by atoms with Crippen LogP contribution >= 0.6 is 0 Å². The molecular formula is C25H35N3O2. The number of hydrogen-bond acceptors (Lipinski definition) is 3. The largest absolute Gasteiger partial charge is 0.334 e. The van der Waals surface area contributed by atoms with Gasteiger partial charge in [-0.2, -0.15) is 0 Å². The standard InChI is InChI=1S/C25H35N3O2/c1-18(2)27-14-13-22(17-27)28(25(30)19-9-5-4-6-10-19)16-21-15-20-11-7-8-12-23(20)26(3)24(21)29/h7-8,11-12,15,18-19,22H,4-6,9-10,13-14,16-17H2,1-3H3. The van der Waals surface area contributed by atoms with Crippen LogP contribution in [0, 0.1) is 5.92 Å². The first-order valence-electron chi connectivity index (χ1n) is 11.6. The Kier molecular flexibility index (Phi) is 6.28. The van der Waals surface area contributed by atoms with E-state index in [2.05, 4.69) is 23.6 Å². The van der Waals surface area contributed by atoms with Crippen LogP contribution in [0.4, 0.5) is 0 Å². The summed E-state index contributed by atoms with van der Waals surface area (Å²) in [4.78, 5) is 31.3. The molecule has 2 aliphatic rings. The number of rotatable bonds is 5. The van der Waals surface area contributed by atoms with Gasteiger partial charge < -0.3 is 9.47 Å². The summed E-state index contributed by atoms with van der Waals surface area (Å²) < 4.78 is 1.73. The summed E-state index contributed by atoms with van der Waals surface area (Å²) in [7, 11) is 1.83. The summed E-state index contributed by atoms with van der Waals surface area (Å²) in [6.45, 7) is 6.78. The SMILES string of the molecule is CC(C)N1CCC(N(Cc2cc3ccccc3n(C)c2=O)C(=O)C2CCCCC2)C1. The van der Waals surface area contributed by atoms with Crippen molar-refractivity contribution in [2.45, 2.75) is 71.0 Å². The highest BCUT2D eigenvalue weighted by molar-refractivity contribution is 5.81. The zero-order chi connectivity index (χ0) is 21.3. The minimum absolute atomic E-state index is 0.00820. The minimum atomic E-state index is 0.00820. The molecule has 1 aromatic carbocycles. The van der Waals surface area contributed by atoms with E-state index < -0.39 is 0 Å². The van der Waals surface area contributed by atoms with Gasteiger partial charge in [-0.05, 0) is 50.6 Å². The molecule has 1 atom stereocenters. The maximum atomic E-state index is 13.6. The molecule has 2 aromatic rings. The van der Waals surface area contributed by atoms with Crippen LogP contribution in [-0.2, 0) is 18.4 Å². The normalized spacial score (nSPS) is 20.9. The minimum Gasteiger partial charge on any atom is -0.334 e. The van der Waals surface area contributed by atoms with Gasteiger partial charge in [0, 0.05) is 43.7 Å². The number of hydrogen-bond donors (Lipinski definition) is 0. The highest BCUT2D eigenvalue weighted by Crippen LogP contribution is 2.29. The number of amides is 1. The molecule has 0 spiro atoms. The molecule has 4 rings (SSSR count). The number of nitrogens with zero attached hydrogens (tertiary/aromatic N) is 3. The zero-order valence-electron chi connectivity index (χ0n) is 18.6. The van der Waals surface area contributed by atoms with Gasteiger partial charge in [-0.1, -0.05) is 37.5 Å². The molecule has 1 amide bonds. The van der Waals surface area contributed by atoms with E-state index >= 15 is 0 Å². The predicted molar refractivity (Wildman–Crippen MR) is 121 cm³/mol. The van der Waals surface area contributed by atoms with Crippen molar-refractivity contribution < 1.29 is 4.79 Å². The molecule has 5 heteroatoms. The van der Waals surface area contributed by atoms with Crippen LogP contribution < -0.4 is 5.56 Å². The monoisotopic (exact) mass is 409 g/mol. The van der Waals surface area contributed by atoms with Crippen molar-refractivity contribution in [2.75, 3.05) is 13.1 Å². The third-order valence-electron chi connectivity index (χ3n) is 7.15. The topological polar surface area (TPSA) is 45.5 Å². The van der Waals surface area contributed by atoms with Gasteiger partial charge >= 0.3 is 0 Å². The first-order chi connectivity index (χ1) is 14.5. The molecule has 1 saturated heterocycles. The summed E-state index contributed by atoms with van der Waals surface area (Å²) in [5.41, 5.74) is 1.67. The molecule has 1 aliphatic carbocycles. The Bertz CT molecular complexity index is 959. The summed E-state index contributed by atoms with van der Waals surface area (Å²) in [5.74, 6) is 0.386. The van der Waals surface area contributed by atoms with Crippen molar-refractivity contribution >= 4 is 16.8 Å². The molecule has 2 fully saturated rings. The van der Waals surface area contributed by atoms with E-state index in [1.165, 1.54) is 6.42 Å². The number of pyridine rings is 1. The number of benzene rings is 1. The van der Waals surface area contributed by atoms with Crippen molar-refractivity contribution in [3.63, 3.8) is 0 Å². The molecule has 5 nitrogen and oxygen atoms in total. The quantitative estimate of drug-likeness (QED) is 0.752. The van der Waals surface area contributed by atoms with Crippen molar-refractivity contribution in [1.82, 2.24) is 14.4 Å². The second-order valence-electron chi connectivity index (χ2n) is 9.42. The van der Waals surface area contributed by atoms with Gasteiger partial charge in [0.05, 0.1) is 12.1 Å². The van der Waals surface area contributed by atoms with Gasteiger partial charge in [0.25, 0.3) is 5.56 Å². The summed E-state index contributed by atoms with van der Waals surface area (Å²) >= 11 is 0. The Morgan fingerprint density at radius 1 is 1.13 bits per heavy atom. The summed E-state index contributed by atoms with van der Waals surface area (Å²) in [6.07, 6.45) is 6.50. The lowest BCUT2D eigenvalue weighted by molar-refractivity contribution is -0.139. The smallest absolute Gasteiger partial charge is 0.255 e. The number of fused-ring (bicyclic) bond motifs is 1. The fourth-order valence-corrected chi connectivity index (χ4v) is 5.25. The zero-order valence-corrected chi connectivity index (χ0v) is 18.6. The molecule has 1 aromatic heterocycles. The van der Waals surface area contributed by atoms with E-state index in [9.17, 15) is 9.59 Å². The van der Waals surface area contributed by atoms with E-state index in [0.717, 1.165) is 61.7 Å². The average Bonchev–Trinajstić information content (AvgIpc) is 3.26. The number of para-hydroxylation sites is 1. The van der Waals surface area contributed by atoms with Crippen LogP contribution in [0.2, 0.25) is 0 Å². The Morgan fingerprint density at radius 3 is 2.57 bits per heavy atom. The molecule has 2 heterocycles. The van der Waals surface area contributed by atoms with Gasteiger partial charge in [-0.3, -0.25) is 14.5 Å². The summed E-state index contributed by atoms with van der Waals surface area (Å²) in [6, 6.07) is 10.6. The lowest BCUT2D eigenvalue weighted by Gasteiger charge is -2.34. The van der Waals surface area contributed by atoms with Crippen molar-refractivity contribution in [3.05, 3.63) is 46.2 Å². The molecule has 162 valence electrons. The van der Waals surface area contributed by atoms with E-state index in [0.29, 0.717) is 12.6 Å². The fraction of sp³-hybridized carbons (Fsp3) is 0.600. The maximum absolute atomic E-state index is 13.6. The second kappa shape index (κ2) is 8.93. The van der Waals surface area contributed by atoms with Gasteiger partial charge in [0.2, 0.25) is 5.91 Å². The first kappa shape index (κ1) is 21.1. The van der Waals surface area contributed by atoms with Gasteiger partial charge in [-0.25, -0.2) is 0 Å². The molecule has 1 saturated carbocycles. The van der Waals surface area contributed by atoms with Crippen LogP contribution in [0.5, 0.6) is 0 Å². The van der Waals surface area contributed by atoms with Crippen molar-refractivity contribution in [3.8, 4) is 0 Å². The molecule has 0 bridgehead atoms. The van der Waals surface area contributed by atoms with Crippen LogP contribution in [0.25, 0.3) is 10.9 Å². The maximum Gasteiger partial charge on any atom is 0.255 e. The Balaban J connectivity index is 1.66. The molecule has 30 heavy (non-hydrogen) atoms. The van der Waals surface area contributed by atoms with E-state index in [1.54, 1.807) is 4.57 Å². The number of likely N-dealkylation sites (tertiary alicyclic amines) is 1. The van der Waals surface area contributed by atoms with Gasteiger partial charge in [0.15, 0.2) is 0 Å². The predicted octanol–water partition coefficient (Wildman–Crippen LogP) is 3.93. The number of carbonyl (C=O) groups is 1. The highest BCUT2D eigenvalue weighted by atomic mass is 16.2. The van der Waals surface area contributed by atoms with E-state index in [4.69, 9.17) is 0 Å². The molecule has 1 unspecified atom stereocenters. The third kappa shape index (κ3) is 4.18. The Hall–Kier alpha value is -2.14. The average molecular weight is 410 g/mol. The van der Waals surface area contributed by atoms with Crippen LogP contribution in [0.15, 0.2) is 35.1 Å². The first-order valence-corrected chi connectivity index (χ1v) is 11.6. The lowest BCUT2D eigenvalue weighted by Crippen LogP contribution is -2.46. The molecule has 1 aliphatic heterocycles. The molecule has 0 radical (unpaired) electrons. The van der Waals surface area contributed by atoms with Crippen LogP contribution in [0.3, 0.4) is 0 Å². The van der Waals surface area contributed by atoms with Crippen LogP contribution in [0.1, 0.15) is 57.9 Å². The fourth-order valence-electron chi connectivity index (χ4n) is 5.25. The molecule has 0 N–H and O–H groups in total. The van der Waals surface area contributed by atoms with E-state index in [-0.39, 0.29) is 23.4 Å². The summed E-state index contributed by atoms with van der Waals surface area (Å²) in [5, 5.41) is 1.05. The number of carbonyl (C=O) groups excluding carboxylic acids is 1. The molecular weight excluding hydrogens is 374 g/mol. The Morgan fingerprint density at radius 2 is 1.87 bits per heavy atom. The number of aryl methyl sites for hydroxylation is 1.